The number of aldehydes is 1. The maximum absolute atomic E-state index is 12.0. The summed E-state index contributed by atoms with van der Waals surface area (Å²) in [6.45, 7) is 0.384. The van der Waals surface area contributed by atoms with Crippen LogP contribution in [0.4, 0.5) is 0 Å². The topological polar surface area (TPSA) is 46.2 Å². The van der Waals surface area contributed by atoms with E-state index in [-0.39, 0.29) is 5.91 Å². The van der Waals surface area contributed by atoms with Gasteiger partial charge in [-0.05, 0) is 23.8 Å². The summed E-state index contributed by atoms with van der Waals surface area (Å²) in [6, 6.07) is 14.1. The van der Waals surface area contributed by atoms with Crippen molar-refractivity contribution in [3.8, 4) is 0 Å². The molecular formula is C17H14ClNO2. The van der Waals surface area contributed by atoms with Crippen LogP contribution in [-0.2, 0) is 0 Å². The van der Waals surface area contributed by atoms with Gasteiger partial charge >= 0.3 is 0 Å². The monoisotopic (exact) mass is 299 g/mol. The van der Waals surface area contributed by atoms with E-state index >= 15 is 0 Å². The molecule has 1 N–H and O–H groups in total. The van der Waals surface area contributed by atoms with Crippen molar-refractivity contribution in [2.75, 3.05) is 6.54 Å². The van der Waals surface area contributed by atoms with Crippen molar-refractivity contribution in [1.29, 1.82) is 0 Å². The lowest BCUT2D eigenvalue weighted by Crippen LogP contribution is -2.24. The van der Waals surface area contributed by atoms with Crippen LogP contribution in [0.1, 0.15) is 26.3 Å². The van der Waals surface area contributed by atoms with Crippen molar-refractivity contribution in [2.24, 2.45) is 0 Å². The van der Waals surface area contributed by atoms with Crippen molar-refractivity contribution < 1.29 is 9.59 Å². The van der Waals surface area contributed by atoms with E-state index < -0.39 is 0 Å². The molecule has 2 aromatic carbocycles. The average Bonchev–Trinajstić information content (AvgIpc) is 2.53. The summed E-state index contributed by atoms with van der Waals surface area (Å²) in [5.41, 5.74) is 1.77. The number of halogens is 1. The van der Waals surface area contributed by atoms with E-state index in [4.69, 9.17) is 11.6 Å². The summed E-state index contributed by atoms with van der Waals surface area (Å²) in [5, 5.41) is 3.43. The minimum absolute atomic E-state index is 0.265. The highest BCUT2D eigenvalue weighted by Gasteiger charge is 2.08. The van der Waals surface area contributed by atoms with E-state index in [1.54, 1.807) is 36.4 Å². The third-order valence-electron chi connectivity index (χ3n) is 2.89. The summed E-state index contributed by atoms with van der Waals surface area (Å²) >= 11 is 5.80. The van der Waals surface area contributed by atoms with Crippen molar-refractivity contribution >= 4 is 29.9 Å². The Morgan fingerprint density at radius 1 is 1.10 bits per heavy atom. The number of rotatable bonds is 5. The van der Waals surface area contributed by atoms with Crippen LogP contribution in [-0.4, -0.2) is 18.7 Å². The van der Waals surface area contributed by atoms with E-state index in [1.165, 1.54) is 0 Å². The van der Waals surface area contributed by atoms with Crippen LogP contribution >= 0.6 is 11.6 Å². The summed E-state index contributed by atoms with van der Waals surface area (Å²) in [6.07, 6.45) is 4.41. The first kappa shape index (κ1) is 15.0. The third kappa shape index (κ3) is 4.29. The predicted molar refractivity (Wildman–Crippen MR) is 84.6 cm³/mol. The van der Waals surface area contributed by atoms with E-state index in [1.807, 2.05) is 24.3 Å². The molecule has 0 saturated heterocycles. The number of hydrogen-bond acceptors (Lipinski definition) is 2. The van der Waals surface area contributed by atoms with Crippen molar-refractivity contribution in [2.45, 2.75) is 0 Å². The molecule has 3 nitrogen and oxygen atoms in total. The molecule has 0 aliphatic carbocycles. The zero-order chi connectivity index (χ0) is 15.1. The second-order valence-corrected chi connectivity index (χ2v) is 4.81. The molecule has 0 bridgehead atoms. The molecule has 0 unspecified atom stereocenters. The summed E-state index contributed by atoms with van der Waals surface area (Å²) in [4.78, 5) is 22.8. The molecule has 21 heavy (non-hydrogen) atoms. The van der Waals surface area contributed by atoms with E-state index in [0.717, 1.165) is 5.56 Å². The molecule has 0 saturated carbocycles. The highest BCUT2D eigenvalue weighted by atomic mass is 35.5. The maximum atomic E-state index is 12.0. The highest BCUT2D eigenvalue weighted by molar-refractivity contribution is 6.30. The average molecular weight is 300 g/mol. The Balaban J connectivity index is 1.92. The van der Waals surface area contributed by atoms with E-state index in [2.05, 4.69) is 5.32 Å². The van der Waals surface area contributed by atoms with Crippen LogP contribution in [0.25, 0.3) is 6.08 Å². The molecular weight excluding hydrogens is 286 g/mol. The van der Waals surface area contributed by atoms with Crippen LogP contribution < -0.4 is 5.32 Å². The number of hydrogen-bond donors (Lipinski definition) is 1. The molecule has 2 aromatic rings. The van der Waals surface area contributed by atoms with Gasteiger partial charge in [-0.3, -0.25) is 9.59 Å². The Kier molecular flexibility index (Phi) is 5.29. The predicted octanol–water partition coefficient (Wildman–Crippen LogP) is 3.60. The number of carbonyl (C=O) groups excluding carboxylic acids is 2. The lowest BCUT2D eigenvalue weighted by atomic mass is 10.1. The summed E-state index contributed by atoms with van der Waals surface area (Å²) in [7, 11) is 0. The normalized spacial score (nSPS) is 10.5. The number of carbonyl (C=O) groups is 2. The van der Waals surface area contributed by atoms with Crippen LogP contribution in [0.15, 0.2) is 54.6 Å². The first-order valence-corrected chi connectivity index (χ1v) is 6.83. The lowest BCUT2D eigenvalue weighted by molar-refractivity contribution is 0.0952. The minimum atomic E-state index is -0.265. The van der Waals surface area contributed by atoms with Crippen molar-refractivity contribution in [3.05, 3.63) is 76.3 Å². The Morgan fingerprint density at radius 2 is 1.81 bits per heavy atom. The first-order valence-electron chi connectivity index (χ1n) is 6.45. The molecule has 0 heterocycles. The van der Waals surface area contributed by atoms with Crippen LogP contribution in [0, 0.1) is 0 Å². The molecule has 0 atom stereocenters. The molecule has 2 rings (SSSR count). The fourth-order valence-electron chi connectivity index (χ4n) is 1.82. The SMILES string of the molecule is O=Cc1ccccc1C(=O)NC/C=C/c1ccc(Cl)cc1. The van der Waals surface area contributed by atoms with Gasteiger partial charge in [-0.2, -0.15) is 0 Å². The molecule has 0 fully saturated rings. The fourth-order valence-corrected chi connectivity index (χ4v) is 1.95. The Hall–Kier alpha value is -2.39. The number of benzene rings is 2. The lowest BCUT2D eigenvalue weighted by Gasteiger charge is -2.04. The third-order valence-corrected chi connectivity index (χ3v) is 3.15. The molecule has 0 aromatic heterocycles. The first-order chi connectivity index (χ1) is 10.2. The highest BCUT2D eigenvalue weighted by Crippen LogP contribution is 2.10. The van der Waals surface area contributed by atoms with E-state index in [9.17, 15) is 9.59 Å². The van der Waals surface area contributed by atoms with Gasteiger partial charge in [0.2, 0.25) is 0 Å². The van der Waals surface area contributed by atoms with Gasteiger partial charge in [-0.15, -0.1) is 0 Å². The van der Waals surface area contributed by atoms with Crippen LogP contribution in [0.5, 0.6) is 0 Å². The molecule has 1 amide bonds. The molecule has 0 aliphatic rings. The second-order valence-electron chi connectivity index (χ2n) is 4.37. The number of nitrogens with one attached hydrogen (secondary N) is 1. The second kappa shape index (κ2) is 7.41. The maximum Gasteiger partial charge on any atom is 0.252 e. The quantitative estimate of drug-likeness (QED) is 0.858. The van der Waals surface area contributed by atoms with Gasteiger partial charge in [-0.1, -0.05) is 54.1 Å². The van der Waals surface area contributed by atoms with E-state index in [0.29, 0.717) is 29.0 Å². The molecule has 0 radical (unpaired) electrons. The molecule has 0 spiro atoms. The van der Waals surface area contributed by atoms with Gasteiger partial charge in [0, 0.05) is 22.7 Å². The van der Waals surface area contributed by atoms with Crippen LogP contribution in [0.2, 0.25) is 5.02 Å². The van der Waals surface area contributed by atoms with Gasteiger partial charge in [0.15, 0.2) is 6.29 Å². The van der Waals surface area contributed by atoms with Gasteiger partial charge in [-0.25, -0.2) is 0 Å². The summed E-state index contributed by atoms with van der Waals surface area (Å²) < 4.78 is 0. The fraction of sp³-hybridized carbons (Fsp3) is 0.0588. The standard InChI is InChI=1S/C17H14ClNO2/c18-15-9-7-13(8-10-15)4-3-11-19-17(21)16-6-2-1-5-14(16)12-20/h1-10,12H,11H2,(H,19,21)/b4-3+. The molecule has 0 aliphatic heterocycles. The smallest absolute Gasteiger partial charge is 0.252 e. The van der Waals surface area contributed by atoms with Crippen LogP contribution in [0.3, 0.4) is 0 Å². The van der Waals surface area contributed by atoms with Gasteiger partial charge in [0.05, 0.1) is 0 Å². The van der Waals surface area contributed by atoms with Gasteiger partial charge in [0.1, 0.15) is 0 Å². The number of amides is 1. The van der Waals surface area contributed by atoms with Crippen molar-refractivity contribution in [3.63, 3.8) is 0 Å². The zero-order valence-corrected chi connectivity index (χ0v) is 12.0. The largest absolute Gasteiger partial charge is 0.349 e. The molecule has 4 heteroatoms. The zero-order valence-electron chi connectivity index (χ0n) is 11.3. The minimum Gasteiger partial charge on any atom is -0.349 e. The van der Waals surface area contributed by atoms with Gasteiger partial charge in [0.25, 0.3) is 5.91 Å². The summed E-state index contributed by atoms with van der Waals surface area (Å²) in [5.74, 6) is -0.265. The van der Waals surface area contributed by atoms with Gasteiger partial charge < -0.3 is 5.32 Å². The molecule has 106 valence electrons. The Morgan fingerprint density at radius 3 is 2.52 bits per heavy atom. The van der Waals surface area contributed by atoms with Crippen molar-refractivity contribution in [1.82, 2.24) is 5.32 Å². The Bertz CT molecular complexity index is 663. The Labute approximate surface area is 128 Å².